The Kier molecular flexibility index (Phi) is 4.36. The number of carbonyl (C=O) groups is 1. The average Bonchev–Trinajstić information content (AvgIpc) is 2.19. The second kappa shape index (κ2) is 5.82. The molecule has 0 aliphatic rings. The zero-order valence-corrected chi connectivity index (χ0v) is 8.91. The summed E-state index contributed by atoms with van der Waals surface area (Å²) in [6, 6.07) is 3.43. The molecule has 0 saturated heterocycles. The second-order valence-corrected chi connectivity index (χ2v) is 2.98. The Hall–Kier alpha value is -1.82. The molecule has 0 amide bonds. The molecule has 15 heavy (non-hydrogen) atoms. The van der Waals surface area contributed by atoms with Crippen molar-refractivity contribution >= 4 is 5.97 Å². The lowest BCUT2D eigenvalue weighted by Gasteiger charge is -2.01. The van der Waals surface area contributed by atoms with Crippen molar-refractivity contribution in [2.75, 3.05) is 0 Å². The Morgan fingerprint density at radius 3 is 3.07 bits per heavy atom. The lowest BCUT2D eigenvalue weighted by Crippen LogP contribution is -2.07. The lowest BCUT2D eigenvalue weighted by molar-refractivity contribution is -0.134. The minimum atomic E-state index is -0.258. The maximum Gasteiger partial charge on any atom is 0.312 e. The highest BCUT2D eigenvalue weighted by Crippen LogP contribution is 2.09. The van der Waals surface area contributed by atoms with E-state index in [9.17, 15) is 4.79 Å². The summed E-state index contributed by atoms with van der Waals surface area (Å²) in [5.41, 5.74) is 0.798. The van der Waals surface area contributed by atoms with E-state index in [1.165, 1.54) is 0 Å². The molecule has 1 rings (SSSR count). The van der Waals surface area contributed by atoms with Gasteiger partial charge in [-0.2, -0.15) is 0 Å². The number of hydrogen-bond acceptors (Lipinski definition) is 3. The molecule has 0 unspecified atom stereocenters. The highest BCUT2D eigenvalue weighted by Gasteiger charge is 2.04. The average molecular weight is 203 g/mol. The van der Waals surface area contributed by atoms with E-state index in [2.05, 4.69) is 16.8 Å². The van der Waals surface area contributed by atoms with Gasteiger partial charge in [-0.25, -0.2) is 4.98 Å². The number of hydrogen-bond donors (Lipinski definition) is 0. The number of ether oxygens (including phenoxy) is 1. The monoisotopic (exact) mass is 203 g/mol. The van der Waals surface area contributed by atoms with Crippen molar-refractivity contribution in [2.45, 2.75) is 26.7 Å². The van der Waals surface area contributed by atoms with Crippen LogP contribution in [0.25, 0.3) is 0 Å². The van der Waals surface area contributed by atoms with Crippen molar-refractivity contribution in [3.63, 3.8) is 0 Å². The molecular formula is C12H13NO2. The van der Waals surface area contributed by atoms with Gasteiger partial charge in [0, 0.05) is 24.2 Å². The highest BCUT2D eigenvalue weighted by atomic mass is 16.5. The van der Waals surface area contributed by atoms with Crippen LogP contribution in [0.15, 0.2) is 18.3 Å². The number of aromatic nitrogens is 1. The van der Waals surface area contributed by atoms with Gasteiger partial charge in [0.05, 0.1) is 0 Å². The molecule has 0 bridgehead atoms. The first-order valence-electron chi connectivity index (χ1n) is 4.85. The van der Waals surface area contributed by atoms with Crippen LogP contribution in [0.5, 0.6) is 5.88 Å². The second-order valence-electron chi connectivity index (χ2n) is 2.98. The predicted molar refractivity (Wildman–Crippen MR) is 57.3 cm³/mol. The Morgan fingerprint density at radius 1 is 1.60 bits per heavy atom. The van der Waals surface area contributed by atoms with Gasteiger partial charge in [0.2, 0.25) is 5.88 Å². The molecule has 0 saturated carbocycles. The Bertz CT molecular complexity index is 402. The molecule has 1 aromatic heterocycles. The zero-order chi connectivity index (χ0) is 11.1. The maximum atomic E-state index is 11.2. The summed E-state index contributed by atoms with van der Waals surface area (Å²) < 4.78 is 5.02. The van der Waals surface area contributed by atoms with Gasteiger partial charge in [-0.15, -0.1) is 5.92 Å². The first-order chi connectivity index (χ1) is 7.26. The van der Waals surface area contributed by atoms with Gasteiger partial charge >= 0.3 is 5.97 Å². The smallest absolute Gasteiger partial charge is 0.312 e. The number of pyridine rings is 1. The third-order valence-electron chi connectivity index (χ3n) is 1.68. The van der Waals surface area contributed by atoms with E-state index in [1.54, 1.807) is 25.3 Å². The summed E-state index contributed by atoms with van der Waals surface area (Å²) in [6.07, 6.45) is 2.76. The zero-order valence-electron chi connectivity index (χ0n) is 8.91. The van der Waals surface area contributed by atoms with Gasteiger partial charge in [0.15, 0.2) is 0 Å². The molecule has 0 aliphatic heterocycles. The summed E-state index contributed by atoms with van der Waals surface area (Å²) in [5, 5.41) is 0. The number of esters is 1. The molecule has 0 spiro atoms. The van der Waals surface area contributed by atoms with E-state index in [1.807, 2.05) is 6.92 Å². The largest absolute Gasteiger partial charge is 0.407 e. The SMILES string of the molecule is CC#Cc1ccnc(OC(=O)CCC)c1. The molecule has 0 aromatic carbocycles. The van der Waals surface area contributed by atoms with Gasteiger partial charge < -0.3 is 4.74 Å². The van der Waals surface area contributed by atoms with E-state index in [4.69, 9.17) is 4.74 Å². The number of rotatable bonds is 3. The fraction of sp³-hybridized carbons (Fsp3) is 0.333. The van der Waals surface area contributed by atoms with Crippen LogP contribution in [0.2, 0.25) is 0 Å². The van der Waals surface area contributed by atoms with Gasteiger partial charge in [-0.05, 0) is 19.4 Å². The van der Waals surface area contributed by atoms with Crippen LogP contribution in [-0.4, -0.2) is 11.0 Å². The number of carbonyl (C=O) groups excluding carboxylic acids is 1. The van der Waals surface area contributed by atoms with E-state index in [-0.39, 0.29) is 5.97 Å². The Labute approximate surface area is 89.5 Å². The van der Waals surface area contributed by atoms with Crippen LogP contribution in [0.1, 0.15) is 32.3 Å². The van der Waals surface area contributed by atoms with E-state index in [0.717, 1.165) is 12.0 Å². The van der Waals surface area contributed by atoms with Crippen LogP contribution >= 0.6 is 0 Å². The fourth-order valence-electron chi connectivity index (χ4n) is 1.06. The van der Waals surface area contributed by atoms with Crippen LogP contribution in [0.4, 0.5) is 0 Å². The summed E-state index contributed by atoms with van der Waals surface area (Å²) in [7, 11) is 0. The van der Waals surface area contributed by atoms with Crippen molar-refractivity contribution in [2.24, 2.45) is 0 Å². The van der Waals surface area contributed by atoms with Crippen molar-refractivity contribution in [1.82, 2.24) is 4.98 Å². The third-order valence-corrected chi connectivity index (χ3v) is 1.68. The normalized spacial score (nSPS) is 8.93. The first-order valence-corrected chi connectivity index (χ1v) is 4.85. The van der Waals surface area contributed by atoms with Gasteiger partial charge in [-0.3, -0.25) is 4.79 Å². The molecule has 3 nitrogen and oxygen atoms in total. The van der Waals surface area contributed by atoms with Gasteiger partial charge in [-0.1, -0.05) is 12.8 Å². The first kappa shape index (κ1) is 11.3. The molecule has 3 heteroatoms. The van der Waals surface area contributed by atoms with Crippen LogP contribution in [0.3, 0.4) is 0 Å². The van der Waals surface area contributed by atoms with Crippen LogP contribution in [0, 0.1) is 11.8 Å². The highest BCUT2D eigenvalue weighted by molar-refractivity contribution is 5.71. The van der Waals surface area contributed by atoms with E-state index < -0.39 is 0 Å². The summed E-state index contributed by atoms with van der Waals surface area (Å²) in [6.45, 7) is 3.68. The molecule has 1 aromatic rings. The van der Waals surface area contributed by atoms with E-state index in [0.29, 0.717) is 12.3 Å². The van der Waals surface area contributed by atoms with Gasteiger partial charge in [0.25, 0.3) is 0 Å². The van der Waals surface area contributed by atoms with Gasteiger partial charge in [0.1, 0.15) is 0 Å². The quantitative estimate of drug-likeness (QED) is 0.558. The maximum absolute atomic E-state index is 11.2. The number of nitrogens with zero attached hydrogens (tertiary/aromatic N) is 1. The summed E-state index contributed by atoms with van der Waals surface area (Å²) >= 11 is 0. The minimum Gasteiger partial charge on any atom is -0.407 e. The van der Waals surface area contributed by atoms with Crippen LogP contribution in [-0.2, 0) is 4.79 Å². The fourth-order valence-corrected chi connectivity index (χ4v) is 1.06. The topological polar surface area (TPSA) is 39.2 Å². The van der Waals surface area contributed by atoms with Crippen molar-refractivity contribution in [3.8, 4) is 17.7 Å². The molecule has 0 atom stereocenters. The van der Waals surface area contributed by atoms with Crippen LogP contribution < -0.4 is 4.74 Å². The molecular weight excluding hydrogens is 190 g/mol. The molecule has 0 N–H and O–H groups in total. The van der Waals surface area contributed by atoms with Crippen molar-refractivity contribution in [3.05, 3.63) is 23.9 Å². The molecule has 0 radical (unpaired) electrons. The predicted octanol–water partition coefficient (Wildman–Crippen LogP) is 2.16. The summed E-state index contributed by atoms with van der Waals surface area (Å²) in [5.74, 6) is 5.70. The standard InChI is InChI=1S/C12H13NO2/c1-3-5-10-7-8-13-11(9-10)15-12(14)6-4-2/h7-9H,4,6H2,1-2H3. The molecule has 0 fully saturated rings. The third kappa shape index (κ3) is 3.82. The summed E-state index contributed by atoms with van der Waals surface area (Å²) in [4.78, 5) is 15.1. The Morgan fingerprint density at radius 2 is 2.40 bits per heavy atom. The van der Waals surface area contributed by atoms with E-state index >= 15 is 0 Å². The molecule has 1 heterocycles. The van der Waals surface area contributed by atoms with Crippen molar-refractivity contribution < 1.29 is 9.53 Å². The molecule has 0 aliphatic carbocycles. The Balaban J connectivity index is 2.72. The lowest BCUT2D eigenvalue weighted by atomic mass is 10.3. The molecule has 78 valence electrons. The minimum absolute atomic E-state index is 0.258. The van der Waals surface area contributed by atoms with Crippen molar-refractivity contribution in [1.29, 1.82) is 0 Å².